The molecule has 0 fully saturated rings. The number of halogens is 2. The molecule has 0 saturated carbocycles. The molecule has 6 nitrogen and oxygen atoms in total. The summed E-state index contributed by atoms with van der Waals surface area (Å²) in [5.41, 5.74) is 6.60. The van der Waals surface area contributed by atoms with E-state index in [2.05, 4.69) is 76.7 Å². The molecule has 1 amide bonds. The van der Waals surface area contributed by atoms with Gasteiger partial charge in [-0.15, -0.1) is 0 Å². The van der Waals surface area contributed by atoms with Crippen molar-refractivity contribution in [1.29, 1.82) is 0 Å². The highest BCUT2D eigenvalue weighted by Crippen LogP contribution is 2.56. The van der Waals surface area contributed by atoms with Crippen molar-refractivity contribution in [1.82, 2.24) is 4.90 Å². The number of rotatable bonds is 7. The third-order valence-electron chi connectivity index (χ3n) is 9.04. The molecular formula is C36H42Br2N2O4. The summed E-state index contributed by atoms with van der Waals surface area (Å²) in [5.74, 6) is -0.260. The van der Waals surface area contributed by atoms with Crippen molar-refractivity contribution in [2.45, 2.75) is 86.5 Å². The van der Waals surface area contributed by atoms with E-state index in [0.29, 0.717) is 39.8 Å². The second-order valence-electron chi connectivity index (χ2n) is 14.1. The highest BCUT2D eigenvalue weighted by molar-refractivity contribution is 9.11. The Hall–Kier alpha value is -2.71. The van der Waals surface area contributed by atoms with Gasteiger partial charge in [-0.1, -0.05) is 62.7 Å². The quantitative estimate of drug-likeness (QED) is 0.309. The topological polar surface area (TPSA) is 75.7 Å². The molecule has 2 aromatic rings. The number of hydrogen-bond acceptors (Lipinski definition) is 5. The molecule has 3 aliphatic rings. The van der Waals surface area contributed by atoms with E-state index in [1.807, 2.05) is 44.2 Å². The van der Waals surface area contributed by atoms with E-state index < -0.39 is 5.92 Å². The number of nitrogens with zero attached hydrogens (tertiary/aromatic N) is 1. The summed E-state index contributed by atoms with van der Waals surface area (Å²) in [6.45, 7) is 15.2. The lowest BCUT2D eigenvalue weighted by molar-refractivity contribution is -0.120. The van der Waals surface area contributed by atoms with Crippen LogP contribution in [-0.2, 0) is 14.4 Å². The van der Waals surface area contributed by atoms with Gasteiger partial charge in [0.1, 0.15) is 5.75 Å². The van der Waals surface area contributed by atoms with Crippen molar-refractivity contribution in [3.63, 3.8) is 0 Å². The molecule has 0 aromatic heterocycles. The number of allylic oxidation sites excluding steroid dienone is 4. The Kier molecular flexibility index (Phi) is 9.09. The number of nitrogens with one attached hydrogen (secondary N) is 1. The highest BCUT2D eigenvalue weighted by atomic mass is 79.9. The maximum absolute atomic E-state index is 14.1. The van der Waals surface area contributed by atoms with Gasteiger partial charge in [0.05, 0.1) is 4.47 Å². The standard InChI is InChI=1S/C36H42Br2N2O4/c1-8-12-40-26-15-35(4,5)17-28(41)32(26)31(33-27(40)16-36(6,7)18-29(33)42)23-13-22(37)14-24(38)34(23)44-19-30(43)39-25-11-9-10-20(2)21(25)3/h9-11,13-14,31H,8,12,15-19H2,1-7H3,(H,39,43). The zero-order valence-corrected chi connectivity index (χ0v) is 29.9. The molecule has 0 spiro atoms. The fourth-order valence-corrected chi connectivity index (χ4v) is 8.38. The summed E-state index contributed by atoms with van der Waals surface area (Å²) in [5, 5.41) is 2.97. The third kappa shape index (κ3) is 6.34. The predicted molar refractivity (Wildman–Crippen MR) is 182 cm³/mol. The number of carbonyl (C=O) groups excluding carboxylic acids is 3. The van der Waals surface area contributed by atoms with Crippen molar-refractivity contribution in [3.05, 3.63) is 78.5 Å². The van der Waals surface area contributed by atoms with E-state index in [-0.39, 0.29) is 34.9 Å². The predicted octanol–water partition coefficient (Wildman–Crippen LogP) is 8.94. The number of Topliss-reactive ketones (excluding diaryl/α,β-unsaturated/α-hetero) is 2. The molecule has 1 heterocycles. The van der Waals surface area contributed by atoms with Gasteiger partial charge < -0.3 is 15.0 Å². The van der Waals surface area contributed by atoms with E-state index in [1.165, 1.54) is 0 Å². The van der Waals surface area contributed by atoms with E-state index in [1.54, 1.807) is 0 Å². The number of ether oxygens (including phenoxy) is 1. The minimum absolute atomic E-state index is 0.0706. The minimum Gasteiger partial charge on any atom is -0.482 e. The summed E-state index contributed by atoms with van der Waals surface area (Å²) in [7, 11) is 0. The van der Waals surface area contributed by atoms with Gasteiger partial charge in [-0.2, -0.15) is 0 Å². The SMILES string of the molecule is CCCN1C2=C(C(=O)CC(C)(C)C2)C(c2cc(Br)cc(Br)c2OCC(=O)Nc2cccc(C)c2C)C2=C1CC(C)(C)CC2=O. The minimum atomic E-state index is -0.578. The molecule has 2 aromatic carbocycles. The molecule has 2 aliphatic carbocycles. The number of ketones is 2. The van der Waals surface area contributed by atoms with Crippen LogP contribution in [0.4, 0.5) is 5.69 Å². The molecule has 44 heavy (non-hydrogen) atoms. The van der Waals surface area contributed by atoms with Crippen LogP contribution in [0.2, 0.25) is 0 Å². The van der Waals surface area contributed by atoms with E-state index in [0.717, 1.165) is 58.5 Å². The molecular weight excluding hydrogens is 684 g/mol. The Labute approximate surface area is 277 Å². The Morgan fingerprint density at radius 3 is 2.11 bits per heavy atom. The fourth-order valence-electron chi connectivity index (χ4n) is 7.01. The average Bonchev–Trinajstić information content (AvgIpc) is 2.90. The van der Waals surface area contributed by atoms with Crippen molar-refractivity contribution in [3.8, 4) is 5.75 Å². The van der Waals surface area contributed by atoms with Crippen LogP contribution in [0, 0.1) is 24.7 Å². The van der Waals surface area contributed by atoms with Gasteiger partial charge in [-0.25, -0.2) is 0 Å². The second kappa shape index (κ2) is 12.2. The van der Waals surface area contributed by atoms with Crippen LogP contribution >= 0.6 is 31.9 Å². The van der Waals surface area contributed by atoms with Crippen molar-refractivity contribution >= 4 is 55.0 Å². The fraction of sp³-hybridized carbons (Fsp3) is 0.472. The molecule has 0 bridgehead atoms. The molecule has 0 unspecified atom stereocenters. The Morgan fingerprint density at radius 2 is 1.55 bits per heavy atom. The highest BCUT2D eigenvalue weighted by Gasteiger charge is 2.49. The third-order valence-corrected chi connectivity index (χ3v) is 10.1. The number of benzene rings is 2. The number of aryl methyl sites for hydroxylation is 1. The van der Waals surface area contributed by atoms with Gasteiger partial charge >= 0.3 is 0 Å². The van der Waals surface area contributed by atoms with Crippen LogP contribution in [0.25, 0.3) is 0 Å². The molecule has 0 radical (unpaired) electrons. The van der Waals surface area contributed by atoms with Gasteiger partial charge in [0.15, 0.2) is 18.2 Å². The molecule has 1 N–H and O–H groups in total. The normalized spacial score (nSPS) is 19.6. The van der Waals surface area contributed by atoms with Crippen LogP contribution < -0.4 is 10.1 Å². The van der Waals surface area contributed by atoms with Crippen LogP contribution in [-0.4, -0.2) is 35.5 Å². The van der Waals surface area contributed by atoms with Gasteiger partial charge in [0, 0.05) is 63.6 Å². The molecule has 0 saturated heterocycles. The summed E-state index contributed by atoms with van der Waals surface area (Å²) in [6.07, 6.45) is 3.22. The molecule has 8 heteroatoms. The Balaban J connectivity index is 1.63. The molecule has 1 aliphatic heterocycles. The molecule has 0 atom stereocenters. The first-order valence-corrected chi connectivity index (χ1v) is 17.0. The first-order valence-electron chi connectivity index (χ1n) is 15.4. The van der Waals surface area contributed by atoms with Crippen LogP contribution in [0.5, 0.6) is 5.75 Å². The molecule has 5 rings (SSSR count). The van der Waals surface area contributed by atoms with E-state index in [9.17, 15) is 14.4 Å². The lowest BCUT2D eigenvalue weighted by Crippen LogP contribution is -2.44. The zero-order valence-electron chi connectivity index (χ0n) is 26.7. The van der Waals surface area contributed by atoms with Crippen molar-refractivity contribution in [2.75, 3.05) is 18.5 Å². The second-order valence-corrected chi connectivity index (χ2v) is 15.8. The van der Waals surface area contributed by atoms with E-state index in [4.69, 9.17) is 4.74 Å². The van der Waals surface area contributed by atoms with Gasteiger partial charge in [0.25, 0.3) is 5.91 Å². The van der Waals surface area contributed by atoms with Crippen molar-refractivity contribution < 1.29 is 19.1 Å². The first-order chi connectivity index (χ1) is 20.6. The van der Waals surface area contributed by atoms with Crippen LogP contribution in [0.15, 0.2) is 61.8 Å². The summed E-state index contributed by atoms with van der Waals surface area (Å²) < 4.78 is 7.74. The smallest absolute Gasteiger partial charge is 0.262 e. The van der Waals surface area contributed by atoms with Crippen LogP contribution in [0.1, 0.15) is 89.3 Å². The lowest BCUT2D eigenvalue weighted by atomic mass is 9.63. The number of carbonyl (C=O) groups is 3. The lowest BCUT2D eigenvalue weighted by Gasteiger charge is -2.49. The van der Waals surface area contributed by atoms with E-state index >= 15 is 0 Å². The first kappa shape index (κ1) is 32.7. The van der Waals surface area contributed by atoms with Crippen molar-refractivity contribution in [2.24, 2.45) is 10.8 Å². The summed E-state index contributed by atoms with van der Waals surface area (Å²) >= 11 is 7.34. The largest absolute Gasteiger partial charge is 0.482 e. The number of hydrogen-bond donors (Lipinski definition) is 1. The average molecular weight is 727 g/mol. The Bertz CT molecular complexity index is 1560. The zero-order chi connectivity index (χ0) is 32.1. The van der Waals surface area contributed by atoms with Crippen LogP contribution in [0.3, 0.4) is 0 Å². The number of anilines is 1. The monoisotopic (exact) mass is 724 g/mol. The van der Waals surface area contributed by atoms with Gasteiger partial charge in [0.2, 0.25) is 0 Å². The van der Waals surface area contributed by atoms with Gasteiger partial charge in [-0.3, -0.25) is 14.4 Å². The van der Waals surface area contributed by atoms with Gasteiger partial charge in [-0.05, 0) is 89.2 Å². The summed E-state index contributed by atoms with van der Waals surface area (Å²) in [6, 6.07) is 9.61. The molecule has 234 valence electrons. The Morgan fingerprint density at radius 1 is 0.955 bits per heavy atom. The summed E-state index contributed by atoms with van der Waals surface area (Å²) in [4.78, 5) is 43.7. The maximum atomic E-state index is 14.1. The number of amides is 1. The maximum Gasteiger partial charge on any atom is 0.262 e.